The van der Waals surface area contributed by atoms with Gasteiger partial charge in [0.15, 0.2) is 5.78 Å². The van der Waals surface area contributed by atoms with Crippen molar-refractivity contribution in [2.75, 3.05) is 5.32 Å². The largest absolute Gasteiger partial charge is 0.350 e. The molecule has 5 nitrogen and oxygen atoms in total. The number of hydrogen-bond donors (Lipinski definition) is 1. The Kier molecular flexibility index (Phi) is 4.00. The number of ketones is 1. The summed E-state index contributed by atoms with van der Waals surface area (Å²) in [6.45, 7) is 1.46. The van der Waals surface area contributed by atoms with Gasteiger partial charge in [0, 0.05) is 29.9 Å². The smallest absolute Gasteiger partial charge is 0.261 e. The number of para-hydroxylation sites is 1. The van der Waals surface area contributed by atoms with Gasteiger partial charge in [-0.15, -0.1) is 0 Å². The van der Waals surface area contributed by atoms with Crippen molar-refractivity contribution in [3.63, 3.8) is 0 Å². The van der Waals surface area contributed by atoms with Crippen LogP contribution in [0.15, 0.2) is 59.5 Å². The van der Waals surface area contributed by atoms with Gasteiger partial charge in [0.1, 0.15) is 5.56 Å². The van der Waals surface area contributed by atoms with E-state index in [9.17, 15) is 14.4 Å². The van der Waals surface area contributed by atoms with Crippen LogP contribution < -0.4 is 10.7 Å². The molecule has 0 saturated carbocycles. The number of aryl methyl sites for hydroxylation is 1. The summed E-state index contributed by atoms with van der Waals surface area (Å²) in [4.78, 5) is 36.5. The number of rotatable bonds is 3. The second kappa shape index (κ2) is 6.12. The van der Waals surface area contributed by atoms with Crippen LogP contribution in [0.4, 0.5) is 5.69 Å². The zero-order valence-electron chi connectivity index (χ0n) is 13.4. The normalized spacial score (nSPS) is 10.6. The highest BCUT2D eigenvalue weighted by atomic mass is 16.2. The van der Waals surface area contributed by atoms with Gasteiger partial charge in [-0.05, 0) is 31.2 Å². The quantitative estimate of drug-likeness (QED) is 0.754. The maximum Gasteiger partial charge on any atom is 0.261 e. The van der Waals surface area contributed by atoms with Crippen molar-refractivity contribution in [1.82, 2.24) is 4.57 Å². The van der Waals surface area contributed by atoms with E-state index in [1.807, 2.05) is 12.1 Å². The van der Waals surface area contributed by atoms with Crippen LogP contribution in [0.1, 0.15) is 27.6 Å². The van der Waals surface area contributed by atoms with Crippen LogP contribution in [-0.4, -0.2) is 16.3 Å². The molecule has 24 heavy (non-hydrogen) atoms. The molecular formula is C19H16N2O3. The van der Waals surface area contributed by atoms with Gasteiger partial charge in [0.2, 0.25) is 5.43 Å². The molecule has 0 radical (unpaired) electrons. The Morgan fingerprint density at radius 3 is 2.54 bits per heavy atom. The van der Waals surface area contributed by atoms with Crippen LogP contribution in [0.3, 0.4) is 0 Å². The predicted molar refractivity (Wildman–Crippen MR) is 93.6 cm³/mol. The SMILES string of the molecule is CC(=O)c1cccc(NC(=O)c2cn(C)c3ccccc3c2=O)c1. The number of nitrogens with one attached hydrogen (secondary N) is 1. The molecule has 0 aliphatic heterocycles. The molecule has 1 heterocycles. The molecule has 1 N–H and O–H groups in total. The molecule has 0 spiro atoms. The van der Waals surface area contributed by atoms with E-state index in [0.29, 0.717) is 16.6 Å². The van der Waals surface area contributed by atoms with Crippen LogP contribution >= 0.6 is 0 Å². The van der Waals surface area contributed by atoms with Crippen LogP contribution in [0, 0.1) is 0 Å². The Balaban J connectivity index is 2.01. The molecule has 0 unspecified atom stereocenters. The molecule has 120 valence electrons. The Morgan fingerprint density at radius 1 is 1.04 bits per heavy atom. The van der Waals surface area contributed by atoms with Gasteiger partial charge < -0.3 is 9.88 Å². The number of nitrogens with zero attached hydrogens (tertiary/aromatic N) is 1. The number of fused-ring (bicyclic) bond motifs is 1. The van der Waals surface area contributed by atoms with E-state index in [1.165, 1.54) is 13.1 Å². The molecule has 0 bridgehead atoms. The monoisotopic (exact) mass is 320 g/mol. The van der Waals surface area contributed by atoms with E-state index in [-0.39, 0.29) is 16.8 Å². The van der Waals surface area contributed by atoms with E-state index < -0.39 is 5.91 Å². The number of aromatic nitrogens is 1. The van der Waals surface area contributed by atoms with Gasteiger partial charge in [0.05, 0.1) is 5.52 Å². The fourth-order valence-corrected chi connectivity index (χ4v) is 2.62. The minimum Gasteiger partial charge on any atom is -0.350 e. The van der Waals surface area contributed by atoms with Crippen LogP contribution in [0.5, 0.6) is 0 Å². The molecule has 3 aromatic rings. The van der Waals surface area contributed by atoms with E-state index in [4.69, 9.17) is 0 Å². The fourth-order valence-electron chi connectivity index (χ4n) is 2.62. The Morgan fingerprint density at radius 2 is 1.79 bits per heavy atom. The summed E-state index contributed by atoms with van der Waals surface area (Å²) in [5.74, 6) is -0.588. The molecule has 0 aliphatic rings. The third-order valence-electron chi connectivity index (χ3n) is 3.87. The number of pyridine rings is 1. The number of benzene rings is 2. The van der Waals surface area contributed by atoms with Gasteiger partial charge in [-0.1, -0.05) is 24.3 Å². The first kappa shape index (κ1) is 15.7. The highest BCUT2D eigenvalue weighted by Gasteiger charge is 2.15. The highest BCUT2D eigenvalue weighted by Crippen LogP contribution is 2.14. The maximum atomic E-state index is 12.6. The average Bonchev–Trinajstić information content (AvgIpc) is 2.58. The molecule has 2 aromatic carbocycles. The second-order valence-corrected chi connectivity index (χ2v) is 5.59. The molecule has 1 aromatic heterocycles. The molecule has 3 rings (SSSR count). The van der Waals surface area contributed by atoms with Crippen molar-refractivity contribution >= 4 is 28.3 Å². The van der Waals surface area contributed by atoms with E-state index >= 15 is 0 Å². The number of hydrogen-bond acceptors (Lipinski definition) is 3. The lowest BCUT2D eigenvalue weighted by Gasteiger charge is -2.10. The Hall–Kier alpha value is -3.21. The first-order chi connectivity index (χ1) is 11.5. The van der Waals surface area contributed by atoms with Crippen LogP contribution in [0.25, 0.3) is 10.9 Å². The summed E-state index contributed by atoms with van der Waals surface area (Å²) >= 11 is 0. The Labute approximate surface area is 138 Å². The third kappa shape index (κ3) is 2.84. The summed E-state index contributed by atoms with van der Waals surface area (Å²) in [5.41, 5.74) is 1.48. The van der Waals surface area contributed by atoms with Crippen molar-refractivity contribution in [3.8, 4) is 0 Å². The van der Waals surface area contributed by atoms with Crippen LogP contribution in [-0.2, 0) is 7.05 Å². The van der Waals surface area contributed by atoms with Gasteiger partial charge in [-0.3, -0.25) is 14.4 Å². The fraction of sp³-hybridized carbons (Fsp3) is 0.105. The zero-order chi connectivity index (χ0) is 17.3. The van der Waals surface area contributed by atoms with E-state index in [1.54, 1.807) is 48.0 Å². The molecule has 0 saturated heterocycles. The number of amides is 1. The third-order valence-corrected chi connectivity index (χ3v) is 3.87. The maximum absolute atomic E-state index is 12.6. The Bertz CT molecular complexity index is 1020. The van der Waals surface area contributed by atoms with E-state index in [0.717, 1.165) is 5.52 Å². The lowest BCUT2D eigenvalue weighted by molar-refractivity contribution is 0.101. The van der Waals surface area contributed by atoms with E-state index in [2.05, 4.69) is 5.32 Å². The first-order valence-electron chi connectivity index (χ1n) is 7.48. The number of Topliss-reactive ketones (excluding diaryl/α,β-unsaturated/α-hetero) is 1. The molecule has 0 aliphatic carbocycles. The predicted octanol–water partition coefficient (Wildman–Crippen LogP) is 2.99. The van der Waals surface area contributed by atoms with Gasteiger partial charge in [-0.25, -0.2) is 0 Å². The minimum absolute atomic E-state index is 0.0597. The van der Waals surface area contributed by atoms with Gasteiger partial charge in [0.25, 0.3) is 5.91 Å². The minimum atomic E-state index is -0.498. The molecule has 0 atom stereocenters. The van der Waals surface area contributed by atoms with Crippen molar-refractivity contribution in [1.29, 1.82) is 0 Å². The standard InChI is InChI=1S/C19H16N2O3/c1-12(22)13-6-5-7-14(10-13)20-19(24)16-11-21(2)17-9-4-3-8-15(17)18(16)23/h3-11H,1-2H3,(H,20,24). The lowest BCUT2D eigenvalue weighted by Crippen LogP contribution is -2.23. The van der Waals surface area contributed by atoms with Gasteiger partial charge in [-0.2, -0.15) is 0 Å². The summed E-state index contributed by atoms with van der Waals surface area (Å²) in [5, 5.41) is 3.17. The lowest BCUT2D eigenvalue weighted by atomic mass is 10.1. The summed E-state index contributed by atoms with van der Waals surface area (Å²) in [6.07, 6.45) is 1.52. The van der Waals surface area contributed by atoms with Crippen molar-refractivity contribution in [2.24, 2.45) is 7.05 Å². The van der Waals surface area contributed by atoms with Crippen molar-refractivity contribution in [3.05, 3.63) is 76.1 Å². The first-order valence-corrected chi connectivity index (χ1v) is 7.48. The number of anilines is 1. The van der Waals surface area contributed by atoms with Crippen molar-refractivity contribution in [2.45, 2.75) is 6.92 Å². The average molecular weight is 320 g/mol. The highest BCUT2D eigenvalue weighted by molar-refractivity contribution is 6.06. The molecular weight excluding hydrogens is 304 g/mol. The second-order valence-electron chi connectivity index (χ2n) is 5.59. The summed E-state index contributed by atoms with van der Waals surface area (Å²) < 4.78 is 1.75. The van der Waals surface area contributed by atoms with Crippen molar-refractivity contribution < 1.29 is 9.59 Å². The number of carbonyl (C=O) groups excluding carboxylic acids is 2. The summed E-state index contributed by atoms with van der Waals surface area (Å²) in [6, 6.07) is 13.8. The summed E-state index contributed by atoms with van der Waals surface area (Å²) in [7, 11) is 1.79. The topological polar surface area (TPSA) is 68.2 Å². The zero-order valence-corrected chi connectivity index (χ0v) is 13.4. The molecule has 5 heteroatoms. The van der Waals surface area contributed by atoms with Gasteiger partial charge >= 0.3 is 0 Å². The number of carbonyl (C=O) groups is 2. The van der Waals surface area contributed by atoms with Crippen LogP contribution in [0.2, 0.25) is 0 Å². The molecule has 1 amide bonds. The molecule has 0 fully saturated rings.